The zero-order valence-corrected chi connectivity index (χ0v) is 18.2. The number of hydrogen-bond acceptors (Lipinski definition) is 4. The van der Waals surface area contributed by atoms with E-state index in [-0.39, 0.29) is 11.6 Å². The predicted molar refractivity (Wildman–Crippen MR) is 128 cm³/mol. The molecule has 0 unspecified atom stereocenters. The highest BCUT2D eigenvalue weighted by Gasteiger charge is 2.21. The Bertz CT molecular complexity index is 1310. The van der Waals surface area contributed by atoms with Gasteiger partial charge in [-0.05, 0) is 55.3 Å². The van der Waals surface area contributed by atoms with E-state index in [4.69, 9.17) is 4.98 Å². The first-order chi connectivity index (χ1) is 15.5. The topological polar surface area (TPSA) is 65.5 Å². The van der Waals surface area contributed by atoms with E-state index in [0.29, 0.717) is 5.69 Å². The summed E-state index contributed by atoms with van der Waals surface area (Å²) < 4.78 is 0. The van der Waals surface area contributed by atoms with Gasteiger partial charge in [-0.25, -0.2) is 9.78 Å². The van der Waals surface area contributed by atoms with E-state index in [0.717, 1.165) is 40.9 Å². The number of benzene rings is 3. The van der Waals surface area contributed by atoms with Crippen molar-refractivity contribution < 1.29 is 9.90 Å². The van der Waals surface area contributed by atoms with E-state index in [2.05, 4.69) is 65.7 Å². The van der Waals surface area contributed by atoms with Gasteiger partial charge in [-0.15, -0.1) is 0 Å². The summed E-state index contributed by atoms with van der Waals surface area (Å²) in [5, 5.41) is 14.0. The normalized spacial score (nSPS) is 13.8. The van der Waals surface area contributed by atoms with Gasteiger partial charge in [0.2, 0.25) is 0 Å². The van der Waals surface area contributed by atoms with E-state index < -0.39 is 5.97 Å². The fourth-order valence-corrected chi connectivity index (χ4v) is 4.52. The molecule has 0 spiro atoms. The third-order valence-corrected chi connectivity index (χ3v) is 6.11. The van der Waals surface area contributed by atoms with Crippen molar-refractivity contribution >= 4 is 28.4 Å². The molecule has 0 bridgehead atoms. The summed E-state index contributed by atoms with van der Waals surface area (Å²) in [6, 6.07) is 23.9. The molecule has 5 heteroatoms. The Morgan fingerprint density at radius 1 is 1.00 bits per heavy atom. The minimum Gasteiger partial charge on any atom is -0.478 e. The fourth-order valence-electron chi connectivity index (χ4n) is 4.52. The number of aromatic carboxylic acids is 1. The van der Waals surface area contributed by atoms with Crippen LogP contribution in [0.4, 0.5) is 11.5 Å². The maximum atomic E-state index is 11.6. The third kappa shape index (κ3) is 3.66. The zero-order valence-electron chi connectivity index (χ0n) is 18.2. The van der Waals surface area contributed by atoms with Crippen LogP contribution < -0.4 is 10.2 Å². The SMILES string of the molecule is Cc1cc([C@H](C)Nc2ccccc2C(=O)O)c2nc(N3Cc4ccccc4C3)ccc2c1. The highest BCUT2D eigenvalue weighted by Crippen LogP contribution is 2.32. The van der Waals surface area contributed by atoms with Gasteiger partial charge in [0.25, 0.3) is 0 Å². The van der Waals surface area contributed by atoms with Gasteiger partial charge in [-0.3, -0.25) is 0 Å². The molecule has 0 saturated heterocycles. The monoisotopic (exact) mass is 423 g/mol. The number of carboxylic acids is 1. The van der Waals surface area contributed by atoms with Gasteiger partial charge in [0, 0.05) is 29.7 Å². The highest BCUT2D eigenvalue weighted by molar-refractivity contribution is 5.94. The summed E-state index contributed by atoms with van der Waals surface area (Å²) in [7, 11) is 0. The van der Waals surface area contributed by atoms with Gasteiger partial charge in [0.15, 0.2) is 0 Å². The lowest BCUT2D eigenvalue weighted by atomic mass is 10.00. The van der Waals surface area contributed by atoms with Gasteiger partial charge in [0.1, 0.15) is 5.82 Å². The Labute approximate surface area is 187 Å². The first-order valence-electron chi connectivity index (χ1n) is 10.8. The zero-order chi connectivity index (χ0) is 22.2. The molecule has 5 nitrogen and oxygen atoms in total. The predicted octanol–water partition coefficient (Wildman–Crippen LogP) is 5.93. The Morgan fingerprint density at radius 2 is 1.69 bits per heavy atom. The smallest absolute Gasteiger partial charge is 0.337 e. The van der Waals surface area contributed by atoms with Gasteiger partial charge < -0.3 is 15.3 Å². The summed E-state index contributed by atoms with van der Waals surface area (Å²) in [5.41, 5.74) is 6.71. The number of pyridine rings is 1. The van der Waals surface area contributed by atoms with Crippen LogP contribution in [-0.4, -0.2) is 16.1 Å². The second-order valence-electron chi connectivity index (χ2n) is 8.44. The molecule has 2 heterocycles. The maximum absolute atomic E-state index is 11.6. The first kappa shape index (κ1) is 20.1. The number of rotatable bonds is 5. The average Bonchev–Trinajstić information content (AvgIpc) is 3.22. The Morgan fingerprint density at radius 3 is 2.41 bits per heavy atom. The van der Waals surface area contributed by atoms with Crippen molar-refractivity contribution in [3.8, 4) is 0 Å². The summed E-state index contributed by atoms with van der Waals surface area (Å²) in [5.74, 6) is 0.0142. The van der Waals surface area contributed by atoms with Crippen molar-refractivity contribution in [1.82, 2.24) is 4.98 Å². The second kappa shape index (κ2) is 8.00. The number of aryl methyl sites for hydroxylation is 1. The Hall–Kier alpha value is -3.86. The molecule has 1 aromatic heterocycles. The highest BCUT2D eigenvalue weighted by atomic mass is 16.4. The number of carbonyl (C=O) groups is 1. The van der Waals surface area contributed by atoms with Gasteiger partial charge in [0.05, 0.1) is 17.1 Å². The fraction of sp³-hybridized carbons (Fsp3) is 0.185. The maximum Gasteiger partial charge on any atom is 0.337 e. The summed E-state index contributed by atoms with van der Waals surface area (Å²) in [4.78, 5) is 19.0. The molecule has 4 aromatic rings. The molecular weight excluding hydrogens is 398 g/mol. The van der Waals surface area contributed by atoms with E-state index in [9.17, 15) is 9.90 Å². The summed E-state index contributed by atoms with van der Waals surface area (Å²) >= 11 is 0. The van der Waals surface area contributed by atoms with Crippen LogP contribution >= 0.6 is 0 Å². The van der Waals surface area contributed by atoms with Crippen LogP contribution in [0, 0.1) is 6.92 Å². The molecule has 0 fully saturated rings. The molecule has 2 N–H and O–H groups in total. The molecule has 5 rings (SSSR count). The molecule has 0 aliphatic carbocycles. The number of nitrogens with one attached hydrogen (secondary N) is 1. The van der Waals surface area contributed by atoms with Crippen LogP contribution in [0.1, 0.15) is 45.6 Å². The Balaban J connectivity index is 1.52. The van der Waals surface area contributed by atoms with Crippen LogP contribution in [-0.2, 0) is 13.1 Å². The molecule has 1 atom stereocenters. The number of hydrogen-bond donors (Lipinski definition) is 2. The summed E-state index contributed by atoms with van der Waals surface area (Å²) in [6.07, 6.45) is 0. The van der Waals surface area contributed by atoms with E-state index in [1.165, 1.54) is 11.1 Å². The van der Waals surface area contributed by atoms with Crippen molar-refractivity contribution in [1.29, 1.82) is 0 Å². The van der Waals surface area contributed by atoms with E-state index in [1.54, 1.807) is 18.2 Å². The minimum absolute atomic E-state index is 0.114. The molecule has 32 heavy (non-hydrogen) atoms. The van der Waals surface area contributed by atoms with Gasteiger partial charge in [-0.1, -0.05) is 48.0 Å². The number of nitrogens with zero attached hydrogens (tertiary/aromatic N) is 2. The largest absolute Gasteiger partial charge is 0.478 e. The van der Waals surface area contributed by atoms with Crippen molar-refractivity contribution in [2.24, 2.45) is 0 Å². The van der Waals surface area contributed by atoms with Crippen molar-refractivity contribution in [3.63, 3.8) is 0 Å². The molecule has 0 amide bonds. The van der Waals surface area contributed by atoms with Crippen LogP contribution in [0.5, 0.6) is 0 Å². The third-order valence-electron chi connectivity index (χ3n) is 6.11. The van der Waals surface area contributed by atoms with E-state index >= 15 is 0 Å². The second-order valence-corrected chi connectivity index (χ2v) is 8.44. The lowest BCUT2D eigenvalue weighted by Gasteiger charge is -2.21. The van der Waals surface area contributed by atoms with Crippen LogP contribution in [0.15, 0.2) is 72.8 Å². The summed E-state index contributed by atoms with van der Waals surface area (Å²) in [6.45, 7) is 5.84. The number of aromatic nitrogens is 1. The molecule has 0 saturated carbocycles. The first-order valence-corrected chi connectivity index (χ1v) is 10.8. The lowest BCUT2D eigenvalue weighted by molar-refractivity contribution is 0.0698. The quantitative estimate of drug-likeness (QED) is 0.416. The molecule has 0 radical (unpaired) electrons. The average molecular weight is 424 g/mol. The number of para-hydroxylation sites is 1. The van der Waals surface area contributed by atoms with Crippen LogP contribution in [0.3, 0.4) is 0 Å². The molecular formula is C27H25N3O2. The minimum atomic E-state index is -0.941. The lowest BCUT2D eigenvalue weighted by Crippen LogP contribution is -2.16. The van der Waals surface area contributed by atoms with Crippen molar-refractivity contribution in [2.75, 3.05) is 10.2 Å². The standard InChI is InChI=1S/C27H25N3O2/c1-17-13-19-11-12-25(30-15-20-7-3-4-8-21(20)16-30)29-26(19)23(14-17)18(2)28-24-10-6-5-9-22(24)27(31)32/h3-14,18,28H,15-16H2,1-2H3,(H,31,32)/t18-/m0/s1. The molecule has 160 valence electrons. The Kier molecular flexibility index (Phi) is 5.02. The van der Waals surface area contributed by atoms with Crippen LogP contribution in [0.25, 0.3) is 10.9 Å². The number of anilines is 2. The number of carboxylic acid groups (broad SMARTS) is 1. The van der Waals surface area contributed by atoms with E-state index in [1.807, 2.05) is 13.0 Å². The van der Waals surface area contributed by atoms with Crippen molar-refractivity contribution in [3.05, 3.63) is 101 Å². The molecule has 1 aliphatic rings. The molecule has 1 aliphatic heterocycles. The van der Waals surface area contributed by atoms with Crippen LogP contribution in [0.2, 0.25) is 0 Å². The number of fused-ring (bicyclic) bond motifs is 2. The van der Waals surface area contributed by atoms with Crippen molar-refractivity contribution in [2.45, 2.75) is 33.0 Å². The van der Waals surface area contributed by atoms with Gasteiger partial charge >= 0.3 is 5.97 Å². The van der Waals surface area contributed by atoms with Gasteiger partial charge in [-0.2, -0.15) is 0 Å². The molecule has 3 aromatic carbocycles.